The number of anilines is 1. The van der Waals surface area contributed by atoms with Crippen molar-refractivity contribution < 1.29 is 9.90 Å². The molecule has 0 unspecified atom stereocenters. The molecule has 0 atom stereocenters. The Morgan fingerprint density at radius 1 is 1.35 bits per heavy atom. The molecule has 0 aliphatic heterocycles. The van der Waals surface area contributed by atoms with E-state index in [4.69, 9.17) is 0 Å². The minimum absolute atomic E-state index is 0.0326. The van der Waals surface area contributed by atoms with Crippen LogP contribution in [-0.4, -0.2) is 24.2 Å². The van der Waals surface area contributed by atoms with E-state index in [1.165, 1.54) is 0 Å². The van der Waals surface area contributed by atoms with Crippen LogP contribution in [0.3, 0.4) is 0 Å². The van der Waals surface area contributed by atoms with Crippen LogP contribution in [0.4, 0.5) is 5.69 Å². The average Bonchev–Trinajstić information content (AvgIpc) is 2.31. The molecule has 0 radical (unpaired) electrons. The van der Waals surface area contributed by atoms with Crippen LogP contribution < -0.4 is 4.90 Å². The number of para-hydroxylation sites is 1. The van der Waals surface area contributed by atoms with E-state index in [1.807, 2.05) is 37.3 Å². The Morgan fingerprint density at radius 2 is 2.00 bits per heavy atom. The second-order valence-corrected chi connectivity index (χ2v) is 4.68. The predicted molar refractivity (Wildman–Crippen MR) is 67.8 cm³/mol. The van der Waals surface area contributed by atoms with Crippen molar-refractivity contribution in [2.24, 2.45) is 5.41 Å². The van der Waals surface area contributed by atoms with Crippen molar-refractivity contribution in [2.45, 2.75) is 26.2 Å². The topological polar surface area (TPSA) is 40.5 Å². The molecular formula is C14H19NO2. The Morgan fingerprint density at radius 3 is 2.41 bits per heavy atom. The third-order valence-corrected chi connectivity index (χ3v) is 3.70. The summed E-state index contributed by atoms with van der Waals surface area (Å²) < 4.78 is 0. The molecule has 1 fully saturated rings. The van der Waals surface area contributed by atoms with E-state index in [0.717, 1.165) is 24.9 Å². The minimum atomic E-state index is -0.508. The highest BCUT2D eigenvalue weighted by Gasteiger charge is 2.45. The number of aliphatic hydroxyl groups excluding tert-OH is 1. The van der Waals surface area contributed by atoms with Crippen LogP contribution in [0.15, 0.2) is 30.3 Å². The highest BCUT2D eigenvalue weighted by Crippen LogP contribution is 2.42. The van der Waals surface area contributed by atoms with Crippen LogP contribution in [0.1, 0.15) is 26.2 Å². The molecule has 1 amide bonds. The van der Waals surface area contributed by atoms with Crippen molar-refractivity contribution in [1.29, 1.82) is 0 Å². The van der Waals surface area contributed by atoms with Gasteiger partial charge in [0.2, 0.25) is 5.91 Å². The van der Waals surface area contributed by atoms with Gasteiger partial charge in [0.1, 0.15) is 0 Å². The summed E-state index contributed by atoms with van der Waals surface area (Å²) in [6.45, 7) is 2.58. The summed E-state index contributed by atoms with van der Waals surface area (Å²) in [7, 11) is 0. The molecule has 1 aliphatic rings. The molecule has 2 rings (SSSR count). The van der Waals surface area contributed by atoms with Gasteiger partial charge in [-0.05, 0) is 31.9 Å². The van der Waals surface area contributed by atoms with E-state index in [-0.39, 0.29) is 12.5 Å². The monoisotopic (exact) mass is 233 g/mol. The SMILES string of the molecule is CCN(C(=O)C1(CO)CCC1)c1ccccc1. The summed E-state index contributed by atoms with van der Waals surface area (Å²) in [6, 6.07) is 9.67. The van der Waals surface area contributed by atoms with Gasteiger partial charge < -0.3 is 10.0 Å². The number of amides is 1. The zero-order valence-corrected chi connectivity index (χ0v) is 10.2. The molecular weight excluding hydrogens is 214 g/mol. The first-order valence-electron chi connectivity index (χ1n) is 6.21. The molecule has 3 nitrogen and oxygen atoms in total. The largest absolute Gasteiger partial charge is 0.395 e. The highest BCUT2D eigenvalue weighted by atomic mass is 16.3. The Labute approximate surface area is 102 Å². The smallest absolute Gasteiger partial charge is 0.235 e. The second-order valence-electron chi connectivity index (χ2n) is 4.68. The molecule has 3 heteroatoms. The Kier molecular flexibility index (Phi) is 3.48. The lowest BCUT2D eigenvalue weighted by molar-refractivity contribution is -0.136. The number of hydrogen-bond donors (Lipinski definition) is 1. The molecule has 0 bridgehead atoms. The van der Waals surface area contributed by atoms with Gasteiger partial charge in [-0.2, -0.15) is 0 Å². The molecule has 1 saturated carbocycles. The lowest BCUT2D eigenvalue weighted by Gasteiger charge is -2.42. The number of aliphatic hydroxyl groups is 1. The number of carbonyl (C=O) groups excluding carboxylic acids is 1. The molecule has 0 heterocycles. The lowest BCUT2D eigenvalue weighted by Crippen LogP contribution is -2.50. The maximum atomic E-state index is 12.5. The van der Waals surface area contributed by atoms with Gasteiger partial charge in [-0.15, -0.1) is 0 Å². The van der Waals surface area contributed by atoms with Crippen molar-refractivity contribution in [2.75, 3.05) is 18.1 Å². The van der Waals surface area contributed by atoms with Gasteiger partial charge in [0.15, 0.2) is 0 Å². The quantitative estimate of drug-likeness (QED) is 0.866. The van der Waals surface area contributed by atoms with Crippen molar-refractivity contribution in [3.8, 4) is 0 Å². The van der Waals surface area contributed by atoms with Crippen molar-refractivity contribution in [3.05, 3.63) is 30.3 Å². The van der Waals surface area contributed by atoms with Crippen LogP contribution >= 0.6 is 0 Å². The number of rotatable bonds is 4. The Bertz CT molecular complexity index is 379. The van der Waals surface area contributed by atoms with Gasteiger partial charge in [-0.25, -0.2) is 0 Å². The van der Waals surface area contributed by atoms with E-state index < -0.39 is 5.41 Å². The van der Waals surface area contributed by atoms with E-state index in [0.29, 0.717) is 6.54 Å². The first-order valence-corrected chi connectivity index (χ1v) is 6.21. The van der Waals surface area contributed by atoms with Crippen molar-refractivity contribution in [1.82, 2.24) is 0 Å². The summed E-state index contributed by atoms with van der Waals surface area (Å²) in [6.07, 6.45) is 2.66. The van der Waals surface area contributed by atoms with Crippen molar-refractivity contribution in [3.63, 3.8) is 0 Å². The Hall–Kier alpha value is -1.35. The first kappa shape index (κ1) is 12.1. The zero-order chi connectivity index (χ0) is 12.3. The van der Waals surface area contributed by atoms with Crippen LogP contribution in [0.2, 0.25) is 0 Å². The maximum Gasteiger partial charge on any atom is 0.235 e. The standard InChI is InChI=1S/C14H19NO2/c1-2-15(12-7-4-3-5-8-12)13(17)14(11-16)9-6-10-14/h3-5,7-8,16H,2,6,9-11H2,1H3. The molecule has 1 aliphatic carbocycles. The average molecular weight is 233 g/mol. The van der Waals surface area contributed by atoms with Gasteiger partial charge in [0.05, 0.1) is 12.0 Å². The van der Waals surface area contributed by atoms with Crippen LogP contribution in [0.5, 0.6) is 0 Å². The summed E-state index contributed by atoms with van der Waals surface area (Å²) in [5.41, 5.74) is 0.408. The third-order valence-electron chi connectivity index (χ3n) is 3.70. The molecule has 0 aromatic heterocycles. The summed E-state index contributed by atoms with van der Waals surface area (Å²) in [5, 5.41) is 9.45. The van der Waals surface area contributed by atoms with Crippen molar-refractivity contribution >= 4 is 11.6 Å². The molecule has 1 N–H and O–H groups in total. The molecule has 0 saturated heterocycles. The molecule has 1 aromatic rings. The number of nitrogens with zero attached hydrogens (tertiary/aromatic N) is 1. The number of benzene rings is 1. The highest BCUT2D eigenvalue weighted by molar-refractivity contribution is 5.98. The third kappa shape index (κ3) is 2.07. The normalized spacial score (nSPS) is 17.3. The Balaban J connectivity index is 2.22. The zero-order valence-electron chi connectivity index (χ0n) is 10.2. The molecule has 92 valence electrons. The fraction of sp³-hybridized carbons (Fsp3) is 0.500. The minimum Gasteiger partial charge on any atom is -0.395 e. The number of hydrogen-bond acceptors (Lipinski definition) is 2. The second kappa shape index (κ2) is 4.88. The van der Waals surface area contributed by atoms with Gasteiger partial charge in [0.25, 0.3) is 0 Å². The first-order chi connectivity index (χ1) is 8.23. The number of carbonyl (C=O) groups is 1. The molecule has 17 heavy (non-hydrogen) atoms. The van der Waals surface area contributed by atoms with Gasteiger partial charge in [-0.1, -0.05) is 24.6 Å². The van der Waals surface area contributed by atoms with Crippen LogP contribution in [0.25, 0.3) is 0 Å². The maximum absolute atomic E-state index is 12.5. The fourth-order valence-electron chi connectivity index (χ4n) is 2.38. The summed E-state index contributed by atoms with van der Waals surface area (Å²) >= 11 is 0. The van der Waals surface area contributed by atoms with E-state index in [1.54, 1.807) is 4.90 Å². The van der Waals surface area contributed by atoms with Gasteiger partial charge >= 0.3 is 0 Å². The van der Waals surface area contributed by atoms with Crippen LogP contribution in [-0.2, 0) is 4.79 Å². The van der Waals surface area contributed by atoms with E-state index in [2.05, 4.69) is 0 Å². The van der Waals surface area contributed by atoms with Gasteiger partial charge in [-0.3, -0.25) is 4.79 Å². The molecule has 0 spiro atoms. The predicted octanol–water partition coefficient (Wildman–Crippen LogP) is 2.20. The summed E-state index contributed by atoms with van der Waals surface area (Å²) in [5.74, 6) is 0.0694. The van der Waals surface area contributed by atoms with Crippen LogP contribution in [0, 0.1) is 5.41 Å². The fourth-order valence-corrected chi connectivity index (χ4v) is 2.38. The lowest BCUT2D eigenvalue weighted by atomic mass is 9.68. The van der Waals surface area contributed by atoms with Gasteiger partial charge in [0, 0.05) is 12.2 Å². The van der Waals surface area contributed by atoms with E-state index >= 15 is 0 Å². The molecule has 1 aromatic carbocycles. The summed E-state index contributed by atoms with van der Waals surface area (Å²) in [4.78, 5) is 14.2. The van der Waals surface area contributed by atoms with E-state index in [9.17, 15) is 9.90 Å².